The maximum absolute atomic E-state index is 13.0. The molecule has 0 atom stereocenters. The summed E-state index contributed by atoms with van der Waals surface area (Å²) in [7, 11) is 1.60. The Morgan fingerprint density at radius 2 is 1.80 bits per heavy atom. The second kappa shape index (κ2) is 12.6. The molecule has 0 fully saturated rings. The molecule has 2 aromatic carbocycles. The van der Waals surface area contributed by atoms with Crippen LogP contribution in [0.15, 0.2) is 60.8 Å². The number of carbonyl (C=O) groups is 2. The smallest absolute Gasteiger partial charge is 0.317 e. The number of aromatic nitrogens is 1. The third kappa shape index (κ3) is 7.06. The number of carbonyl (C=O) groups excluding carboxylic acids is 2. The van der Waals surface area contributed by atoms with Crippen LogP contribution in [0.4, 0.5) is 4.79 Å². The maximum Gasteiger partial charge on any atom is 0.317 e. The van der Waals surface area contributed by atoms with Crippen LogP contribution in [0.3, 0.4) is 0 Å². The van der Waals surface area contributed by atoms with Gasteiger partial charge in [0.05, 0.1) is 25.8 Å². The Kier molecular flexibility index (Phi) is 9.23. The van der Waals surface area contributed by atoms with Gasteiger partial charge in [0.15, 0.2) is 0 Å². The highest BCUT2D eigenvalue weighted by molar-refractivity contribution is 5.77. The molecule has 0 aliphatic heterocycles. The first kappa shape index (κ1) is 25.7. The standard InChI is InChI=1S/C28H33N3O4/c1-5-31(28(33)30-18-21-10-8-7-9-11-21)19-23-14-20(3)17-29-27(23)24-15-22(12-13-25(24)34-4)16-26(32)35-6-2/h7-15,17H,5-6,16,18-19H2,1-4H3,(H,30,33). The minimum atomic E-state index is -0.284. The molecule has 184 valence electrons. The largest absolute Gasteiger partial charge is 0.496 e. The fraction of sp³-hybridized carbons (Fsp3) is 0.321. The van der Waals surface area contributed by atoms with Gasteiger partial charge in [0.1, 0.15) is 5.75 Å². The number of benzene rings is 2. The fourth-order valence-electron chi connectivity index (χ4n) is 3.84. The Hall–Kier alpha value is -3.87. The van der Waals surface area contributed by atoms with Gasteiger partial charge in [0.25, 0.3) is 0 Å². The summed E-state index contributed by atoms with van der Waals surface area (Å²) in [5.74, 6) is 0.361. The number of hydrogen-bond donors (Lipinski definition) is 1. The molecule has 0 bridgehead atoms. The van der Waals surface area contributed by atoms with E-state index in [-0.39, 0.29) is 18.4 Å². The Morgan fingerprint density at radius 1 is 1.03 bits per heavy atom. The monoisotopic (exact) mass is 475 g/mol. The number of nitrogens with one attached hydrogen (secondary N) is 1. The molecule has 0 spiro atoms. The van der Waals surface area contributed by atoms with Gasteiger partial charge < -0.3 is 19.7 Å². The van der Waals surface area contributed by atoms with Crippen molar-refractivity contribution in [3.05, 3.63) is 83.0 Å². The van der Waals surface area contributed by atoms with Crippen LogP contribution in [0.1, 0.15) is 36.1 Å². The minimum absolute atomic E-state index is 0.146. The molecule has 0 aliphatic rings. The van der Waals surface area contributed by atoms with Crippen molar-refractivity contribution in [1.82, 2.24) is 15.2 Å². The van der Waals surface area contributed by atoms with E-state index >= 15 is 0 Å². The van der Waals surface area contributed by atoms with Crippen molar-refractivity contribution in [3.63, 3.8) is 0 Å². The zero-order valence-corrected chi connectivity index (χ0v) is 20.8. The molecule has 35 heavy (non-hydrogen) atoms. The lowest BCUT2D eigenvalue weighted by Crippen LogP contribution is -2.39. The van der Waals surface area contributed by atoms with E-state index in [1.807, 2.05) is 68.4 Å². The van der Waals surface area contributed by atoms with Crippen molar-refractivity contribution in [1.29, 1.82) is 0 Å². The predicted molar refractivity (Wildman–Crippen MR) is 136 cm³/mol. The van der Waals surface area contributed by atoms with Crippen molar-refractivity contribution >= 4 is 12.0 Å². The second-order valence-electron chi connectivity index (χ2n) is 8.20. The lowest BCUT2D eigenvalue weighted by Gasteiger charge is -2.23. The van der Waals surface area contributed by atoms with Crippen LogP contribution in [-0.2, 0) is 29.0 Å². The van der Waals surface area contributed by atoms with E-state index in [0.29, 0.717) is 37.7 Å². The van der Waals surface area contributed by atoms with Crippen molar-refractivity contribution in [2.75, 3.05) is 20.3 Å². The van der Waals surface area contributed by atoms with Crippen LogP contribution in [0.2, 0.25) is 0 Å². The molecule has 0 aliphatic carbocycles. The number of urea groups is 1. The summed E-state index contributed by atoms with van der Waals surface area (Å²) in [6, 6.07) is 17.3. The highest BCUT2D eigenvalue weighted by Crippen LogP contribution is 2.33. The van der Waals surface area contributed by atoms with E-state index in [1.54, 1.807) is 25.1 Å². The number of esters is 1. The van der Waals surface area contributed by atoms with E-state index in [1.165, 1.54) is 0 Å². The summed E-state index contributed by atoms with van der Waals surface area (Å²) < 4.78 is 10.7. The van der Waals surface area contributed by atoms with Crippen molar-refractivity contribution < 1.29 is 19.1 Å². The second-order valence-corrected chi connectivity index (χ2v) is 8.20. The first-order valence-electron chi connectivity index (χ1n) is 11.8. The first-order valence-corrected chi connectivity index (χ1v) is 11.8. The molecule has 1 N–H and O–H groups in total. The van der Waals surface area contributed by atoms with Gasteiger partial charge >= 0.3 is 12.0 Å². The Balaban J connectivity index is 1.87. The predicted octanol–water partition coefficient (Wildman–Crippen LogP) is 4.90. The van der Waals surface area contributed by atoms with Gasteiger partial charge in [0, 0.05) is 31.4 Å². The molecule has 0 saturated carbocycles. The summed E-state index contributed by atoms with van der Waals surface area (Å²) in [5.41, 5.74) is 5.22. The van der Waals surface area contributed by atoms with Gasteiger partial charge in [-0.3, -0.25) is 9.78 Å². The number of nitrogens with zero attached hydrogens (tertiary/aromatic N) is 2. The molecule has 3 aromatic rings. The fourth-order valence-corrected chi connectivity index (χ4v) is 3.84. The summed E-state index contributed by atoms with van der Waals surface area (Å²) in [6.07, 6.45) is 1.96. The highest BCUT2D eigenvalue weighted by Gasteiger charge is 2.19. The Labute approximate surface area is 207 Å². The SMILES string of the molecule is CCOC(=O)Cc1ccc(OC)c(-c2ncc(C)cc2CN(CC)C(=O)NCc2ccccc2)c1. The Bertz CT molecular complexity index is 1150. The van der Waals surface area contributed by atoms with E-state index < -0.39 is 0 Å². The average molecular weight is 476 g/mol. The lowest BCUT2D eigenvalue weighted by atomic mass is 9.99. The molecule has 0 unspecified atom stereocenters. The average Bonchev–Trinajstić information content (AvgIpc) is 2.86. The van der Waals surface area contributed by atoms with E-state index in [0.717, 1.165) is 27.8 Å². The number of amides is 2. The molecular formula is C28H33N3O4. The van der Waals surface area contributed by atoms with Gasteiger partial charge in [-0.2, -0.15) is 0 Å². The van der Waals surface area contributed by atoms with Gasteiger partial charge in [-0.05, 0) is 55.2 Å². The highest BCUT2D eigenvalue weighted by atomic mass is 16.5. The van der Waals surface area contributed by atoms with E-state index in [9.17, 15) is 9.59 Å². The molecule has 3 rings (SSSR count). The van der Waals surface area contributed by atoms with Gasteiger partial charge in [-0.15, -0.1) is 0 Å². The van der Waals surface area contributed by atoms with Crippen LogP contribution in [0, 0.1) is 6.92 Å². The molecule has 1 heterocycles. The quantitative estimate of drug-likeness (QED) is 0.422. The van der Waals surface area contributed by atoms with Gasteiger partial charge in [0.2, 0.25) is 0 Å². The molecule has 1 aromatic heterocycles. The number of methoxy groups -OCH3 is 1. The van der Waals surface area contributed by atoms with Crippen molar-refractivity contribution in [3.8, 4) is 17.0 Å². The third-order valence-corrected chi connectivity index (χ3v) is 5.59. The molecule has 0 saturated heterocycles. The van der Waals surface area contributed by atoms with E-state index in [4.69, 9.17) is 14.5 Å². The summed E-state index contributed by atoms with van der Waals surface area (Å²) in [5, 5.41) is 3.00. The van der Waals surface area contributed by atoms with Crippen LogP contribution in [0.5, 0.6) is 5.75 Å². The lowest BCUT2D eigenvalue weighted by molar-refractivity contribution is -0.142. The summed E-state index contributed by atoms with van der Waals surface area (Å²) in [4.78, 5) is 31.4. The van der Waals surface area contributed by atoms with Crippen LogP contribution in [-0.4, -0.2) is 42.1 Å². The number of pyridine rings is 1. The van der Waals surface area contributed by atoms with Crippen molar-refractivity contribution in [2.45, 2.75) is 40.3 Å². The van der Waals surface area contributed by atoms with Crippen molar-refractivity contribution in [2.24, 2.45) is 0 Å². The van der Waals surface area contributed by atoms with Gasteiger partial charge in [-0.1, -0.05) is 42.5 Å². The minimum Gasteiger partial charge on any atom is -0.496 e. The van der Waals surface area contributed by atoms with E-state index in [2.05, 4.69) is 5.32 Å². The number of aryl methyl sites for hydroxylation is 1. The zero-order valence-electron chi connectivity index (χ0n) is 20.8. The van der Waals surface area contributed by atoms with Gasteiger partial charge in [-0.25, -0.2) is 4.79 Å². The molecule has 7 nitrogen and oxygen atoms in total. The summed E-state index contributed by atoms with van der Waals surface area (Å²) >= 11 is 0. The topological polar surface area (TPSA) is 80.8 Å². The van der Waals surface area contributed by atoms with Crippen LogP contribution in [0.25, 0.3) is 11.3 Å². The molecule has 7 heteroatoms. The number of rotatable bonds is 10. The molecule has 0 radical (unpaired) electrons. The van der Waals surface area contributed by atoms with Crippen LogP contribution < -0.4 is 10.1 Å². The first-order chi connectivity index (χ1) is 16.9. The molecular weight excluding hydrogens is 442 g/mol. The molecule has 2 amide bonds. The number of hydrogen-bond acceptors (Lipinski definition) is 5. The Morgan fingerprint density at radius 3 is 2.49 bits per heavy atom. The van der Waals surface area contributed by atoms with Crippen LogP contribution >= 0.6 is 0 Å². The zero-order chi connectivity index (χ0) is 25.2. The maximum atomic E-state index is 13.0. The number of ether oxygens (including phenoxy) is 2. The summed E-state index contributed by atoms with van der Waals surface area (Å²) in [6.45, 7) is 7.42. The third-order valence-electron chi connectivity index (χ3n) is 5.59. The normalized spacial score (nSPS) is 10.5.